The predicted molar refractivity (Wildman–Crippen MR) is 75.7 cm³/mol. The van der Waals surface area contributed by atoms with Gasteiger partial charge in [0.05, 0.1) is 5.69 Å². The zero-order chi connectivity index (χ0) is 14.2. The molecule has 0 bridgehead atoms. The maximum absolute atomic E-state index is 12.6. The van der Waals surface area contributed by atoms with Gasteiger partial charge in [0.15, 0.2) is 0 Å². The lowest BCUT2D eigenvalue weighted by atomic mass is 9.71. The highest BCUT2D eigenvalue weighted by Crippen LogP contribution is 2.39. The highest BCUT2D eigenvalue weighted by atomic mass is 16.5. The van der Waals surface area contributed by atoms with Crippen molar-refractivity contribution in [1.82, 2.24) is 15.4 Å². The second-order valence-electron chi connectivity index (χ2n) is 6.24. The minimum atomic E-state index is 0.0880. The fourth-order valence-electron chi connectivity index (χ4n) is 3.59. The fourth-order valence-corrected chi connectivity index (χ4v) is 3.59. The van der Waals surface area contributed by atoms with Gasteiger partial charge >= 0.3 is 0 Å². The predicted octanol–water partition coefficient (Wildman–Crippen LogP) is 1.90. The van der Waals surface area contributed by atoms with Crippen molar-refractivity contribution in [1.29, 1.82) is 0 Å². The van der Waals surface area contributed by atoms with Gasteiger partial charge in [-0.15, -0.1) is 0 Å². The third kappa shape index (κ3) is 2.35. The fraction of sp³-hybridized carbons (Fsp3) is 0.733. The van der Waals surface area contributed by atoms with Crippen molar-refractivity contribution >= 4 is 5.91 Å². The molecule has 2 aliphatic rings. The van der Waals surface area contributed by atoms with E-state index in [0.29, 0.717) is 22.4 Å². The number of piperidine rings is 2. The van der Waals surface area contributed by atoms with E-state index in [1.807, 2.05) is 18.7 Å². The number of aromatic nitrogens is 1. The quantitative estimate of drug-likeness (QED) is 0.851. The molecular weight excluding hydrogens is 254 g/mol. The zero-order valence-corrected chi connectivity index (χ0v) is 12.4. The van der Waals surface area contributed by atoms with E-state index in [1.165, 1.54) is 12.8 Å². The molecule has 1 spiro atoms. The first-order chi connectivity index (χ1) is 9.61. The van der Waals surface area contributed by atoms with Crippen LogP contribution in [0.2, 0.25) is 0 Å². The van der Waals surface area contributed by atoms with Crippen molar-refractivity contribution in [2.24, 2.45) is 5.41 Å². The zero-order valence-electron chi connectivity index (χ0n) is 12.4. The van der Waals surface area contributed by atoms with Crippen molar-refractivity contribution in [2.45, 2.75) is 39.5 Å². The van der Waals surface area contributed by atoms with Gasteiger partial charge in [0.1, 0.15) is 11.3 Å². The van der Waals surface area contributed by atoms with Gasteiger partial charge in [0, 0.05) is 13.1 Å². The Bertz CT molecular complexity index is 474. The summed E-state index contributed by atoms with van der Waals surface area (Å²) in [6, 6.07) is 0. The molecule has 0 aromatic carbocycles. The van der Waals surface area contributed by atoms with Crippen LogP contribution in [0.4, 0.5) is 0 Å². The molecule has 0 aliphatic carbocycles. The highest BCUT2D eigenvalue weighted by molar-refractivity contribution is 5.96. The molecule has 20 heavy (non-hydrogen) atoms. The Hall–Kier alpha value is -1.36. The van der Waals surface area contributed by atoms with Gasteiger partial charge in [0.2, 0.25) is 0 Å². The van der Waals surface area contributed by atoms with Crippen molar-refractivity contribution in [2.75, 3.05) is 26.2 Å². The number of rotatable bonds is 1. The second kappa shape index (κ2) is 5.20. The Morgan fingerprint density at radius 1 is 1.20 bits per heavy atom. The SMILES string of the molecule is Cc1noc(C)c1C(=O)N1CCC2(CCNCC2)CC1. The number of carbonyl (C=O) groups is 1. The summed E-state index contributed by atoms with van der Waals surface area (Å²) in [5, 5.41) is 7.31. The molecular formula is C15H23N3O2. The molecule has 0 unspecified atom stereocenters. The van der Waals surface area contributed by atoms with E-state index in [-0.39, 0.29) is 5.91 Å². The van der Waals surface area contributed by atoms with Gasteiger partial charge in [0.25, 0.3) is 5.91 Å². The van der Waals surface area contributed by atoms with E-state index in [0.717, 1.165) is 39.0 Å². The average Bonchev–Trinajstić information content (AvgIpc) is 2.79. The first kappa shape index (κ1) is 13.6. The minimum absolute atomic E-state index is 0.0880. The summed E-state index contributed by atoms with van der Waals surface area (Å²) in [6.45, 7) is 7.62. The van der Waals surface area contributed by atoms with Gasteiger partial charge in [-0.2, -0.15) is 0 Å². The molecule has 2 aliphatic heterocycles. The third-order valence-electron chi connectivity index (χ3n) is 5.02. The van der Waals surface area contributed by atoms with Gasteiger partial charge in [-0.3, -0.25) is 4.79 Å². The number of amides is 1. The lowest BCUT2D eigenvalue weighted by Crippen LogP contribution is -2.47. The summed E-state index contributed by atoms with van der Waals surface area (Å²) in [5.41, 5.74) is 1.83. The summed E-state index contributed by atoms with van der Waals surface area (Å²) in [5.74, 6) is 0.722. The molecule has 2 saturated heterocycles. The van der Waals surface area contributed by atoms with Crippen LogP contribution in [-0.4, -0.2) is 42.1 Å². The Morgan fingerprint density at radius 2 is 1.85 bits per heavy atom. The van der Waals surface area contributed by atoms with E-state index in [9.17, 15) is 4.79 Å². The maximum Gasteiger partial charge on any atom is 0.259 e. The Kier molecular flexibility index (Phi) is 3.54. The number of likely N-dealkylation sites (tertiary alicyclic amines) is 1. The van der Waals surface area contributed by atoms with E-state index in [4.69, 9.17) is 4.52 Å². The standard InChI is InChI=1S/C15H23N3O2/c1-11-13(12(2)20-17-11)14(19)18-9-5-15(6-10-18)3-7-16-8-4-15/h16H,3-10H2,1-2H3. The molecule has 3 rings (SSSR count). The summed E-state index contributed by atoms with van der Waals surface area (Å²) in [7, 11) is 0. The monoisotopic (exact) mass is 277 g/mol. The molecule has 0 saturated carbocycles. The molecule has 0 atom stereocenters. The summed E-state index contributed by atoms with van der Waals surface area (Å²) in [6.07, 6.45) is 4.76. The van der Waals surface area contributed by atoms with Crippen LogP contribution in [0.5, 0.6) is 0 Å². The smallest absolute Gasteiger partial charge is 0.259 e. The Balaban J connectivity index is 1.67. The van der Waals surface area contributed by atoms with Crippen LogP contribution in [0, 0.1) is 19.3 Å². The number of hydrogen-bond acceptors (Lipinski definition) is 4. The van der Waals surface area contributed by atoms with Gasteiger partial charge in [-0.1, -0.05) is 5.16 Å². The molecule has 1 N–H and O–H groups in total. The molecule has 3 heterocycles. The van der Waals surface area contributed by atoms with E-state index < -0.39 is 0 Å². The Morgan fingerprint density at radius 3 is 2.40 bits per heavy atom. The second-order valence-corrected chi connectivity index (χ2v) is 6.24. The lowest BCUT2D eigenvalue weighted by Gasteiger charge is -2.44. The van der Waals surface area contributed by atoms with Crippen molar-refractivity contribution < 1.29 is 9.32 Å². The molecule has 5 heteroatoms. The first-order valence-corrected chi connectivity index (χ1v) is 7.54. The van der Waals surface area contributed by atoms with Crippen LogP contribution in [0.25, 0.3) is 0 Å². The molecule has 1 aromatic rings. The maximum atomic E-state index is 12.6. The van der Waals surface area contributed by atoms with Crippen molar-refractivity contribution in [3.8, 4) is 0 Å². The average molecular weight is 277 g/mol. The van der Waals surface area contributed by atoms with Crippen LogP contribution in [0.15, 0.2) is 4.52 Å². The third-order valence-corrected chi connectivity index (χ3v) is 5.02. The molecule has 110 valence electrons. The van der Waals surface area contributed by atoms with Gasteiger partial charge < -0.3 is 14.7 Å². The topological polar surface area (TPSA) is 58.4 Å². The molecule has 1 aromatic heterocycles. The van der Waals surface area contributed by atoms with Crippen molar-refractivity contribution in [3.05, 3.63) is 17.0 Å². The van der Waals surface area contributed by atoms with E-state index in [1.54, 1.807) is 0 Å². The summed E-state index contributed by atoms with van der Waals surface area (Å²) in [4.78, 5) is 14.6. The van der Waals surface area contributed by atoms with Crippen LogP contribution in [0.1, 0.15) is 47.5 Å². The molecule has 5 nitrogen and oxygen atoms in total. The van der Waals surface area contributed by atoms with Crippen molar-refractivity contribution in [3.63, 3.8) is 0 Å². The lowest BCUT2D eigenvalue weighted by molar-refractivity contribution is 0.0494. The Labute approximate surface area is 119 Å². The molecule has 1 amide bonds. The summed E-state index contributed by atoms with van der Waals surface area (Å²) >= 11 is 0. The van der Waals surface area contributed by atoms with Gasteiger partial charge in [-0.05, 0) is 58.0 Å². The normalized spacial score (nSPS) is 22.2. The minimum Gasteiger partial charge on any atom is -0.361 e. The van der Waals surface area contributed by atoms with Crippen LogP contribution >= 0.6 is 0 Å². The van der Waals surface area contributed by atoms with Crippen LogP contribution < -0.4 is 5.32 Å². The molecule has 0 radical (unpaired) electrons. The van der Waals surface area contributed by atoms with Crippen LogP contribution in [0.3, 0.4) is 0 Å². The number of nitrogens with one attached hydrogen (secondary N) is 1. The summed E-state index contributed by atoms with van der Waals surface area (Å²) < 4.78 is 5.11. The number of aryl methyl sites for hydroxylation is 2. The number of hydrogen-bond donors (Lipinski definition) is 1. The highest BCUT2D eigenvalue weighted by Gasteiger charge is 2.37. The number of carbonyl (C=O) groups excluding carboxylic acids is 1. The van der Waals surface area contributed by atoms with Crippen LogP contribution in [-0.2, 0) is 0 Å². The van der Waals surface area contributed by atoms with Gasteiger partial charge in [-0.25, -0.2) is 0 Å². The largest absolute Gasteiger partial charge is 0.361 e. The first-order valence-electron chi connectivity index (χ1n) is 7.54. The van der Waals surface area contributed by atoms with E-state index in [2.05, 4.69) is 10.5 Å². The molecule has 2 fully saturated rings. The number of nitrogens with zero attached hydrogens (tertiary/aromatic N) is 2. The van der Waals surface area contributed by atoms with E-state index >= 15 is 0 Å².